The maximum atomic E-state index is 12.9. The van der Waals surface area contributed by atoms with Gasteiger partial charge in [-0.25, -0.2) is 4.79 Å². The SMILES string of the molecule is CNC(=O)Nc1ccc(NC(=O)c2cc(C(C)C)nc3ccccc23)cc1. The summed E-state index contributed by atoms with van der Waals surface area (Å²) in [4.78, 5) is 28.9. The monoisotopic (exact) mass is 362 g/mol. The zero-order chi connectivity index (χ0) is 19.4. The van der Waals surface area contributed by atoms with E-state index in [9.17, 15) is 9.59 Å². The second-order valence-electron chi connectivity index (χ2n) is 6.50. The fraction of sp³-hybridized carbons (Fsp3) is 0.190. The first-order chi connectivity index (χ1) is 13.0. The van der Waals surface area contributed by atoms with E-state index < -0.39 is 0 Å². The van der Waals surface area contributed by atoms with Crippen LogP contribution in [0.1, 0.15) is 35.8 Å². The van der Waals surface area contributed by atoms with E-state index in [2.05, 4.69) is 34.8 Å². The largest absolute Gasteiger partial charge is 0.341 e. The Bertz CT molecular complexity index is 981. The lowest BCUT2D eigenvalue weighted by Gasteiger charge is -2.12. The number of urea groups is 1. The van der Waals surface area contributed by atoms with Gasteiger partial charge in [-0.2, -0.15) is 0 Å². The van der Waals surface area contributed by atoms with E-state index in [4.69, 9.17) is 0 Å². The van der Waals surface area contributed by atoms with E-state index in [-0.39, 0.29) is 17.9 Å². The molecule has 0 aliphatic rings. The smallest absolute Gasteiger partial charge is 0.318 e. The van der Waals surface area contributed by atoms with Gasteiger partial charge < -0.3 is 16.0 Å². The highest BCUT2D eigenvalue weighted by Crippen LogP contribution is 2.23. The number of nitrogens with zero attached hydrogens (tertiary/aromatic N) is 1. The average molecular weight is 362 g/mol. The van der Waals surface area contributed by atoms with Crippen LogP contribution in [0, 0.1) is 0 Å². The number of benzene rings is 2. The molecule has 0 bridgehead atoms. The maximum Gasteiger partial charge on any atom is 0.318 e. The van der Waals surface area contributed by atoms with Gasteiger partial charge in [-0.05, 0) is 42.3 Å². The second-order valence-corrected chi connectivity index (χ2v) is 6.50. The van der Waals surface area contributed by atoms with E-state index in [0.29, 0.717) is 16.9 Å². The summed E-state index contributed by atoms with van der Waals surface area (Å²) in [6.07, 6.45) is 0. The number of pyridine rings is 1. The molecule has 0 fully saturated rings. The van der Waals surface area contributed by atoms with Gasteiger partial charge >= 0.3 is 6.03 Å². The van der Waals surface area contributed by atoms with Crippen molar-refractivity contribution in [2.75, 3.05) is 17.7 Å². The lowest BCUT2D eigenvalue weighted by Crippen LogP contribution is -2.24. The van der Waals surface area contributed by atoms with Gasteiger partial charge in [0.05, 0.1) is 11.1 Å². The van der Waals surface area contributed by atoms with Gasteiger partial charge in [-0.15, -0.1) is 0 Å². The van der Waals surface area contributed by atoms with Crippen LogP contribution in [0.5, 0.6) is 0 Å². The Labute approximate surface area is 158 Å². The zero-order valence-electron chi connectivity index (χ0n) is 15.5. The lowest BCUT2D eigenvalue weighted by molar-refractivity contribution is 0.102. The molecule has 1 aromatic heterocycles. The van der Waals surface area contributed by atoms with Crippen molar-refractivity contribution < 1.29 is 9.59 Å². The van der Waals surface area contributed by atoms with E-state index in [1.807, 2.05) is 30.3 Å². The number of nitrogens with one attached hydrogen (secondary N) is 3. The van der Waals surface area contributed by atoms with Crippen molar-refractivity contribution in [3.8, 4) is 0 Å². The molecule has 0 aliphatic heterocycles. The number of amides is 3. The number of fused-ring (bicyclic) bond motifs is 1. The minimum absolute atomic E-state index is 0.192. The van der Waals surface area contributed by atoms with Crippen molar-refractivity contribution in [1.29, 1.82) is 0 Å². The summed E-state index contributed by atoms with van der Waals surface area (Å²) in [5.74, 6) is 0.0266. The van der Waals surface area contributed by atoms with Crippen LogP contribution in [-0.4, -0.2) is 24.0 Å². The molecule has 6 nitrogen and oxygen atoms in total. The molecule has 0 spiro atoms. The van der Waals surface area contributed by atoms with Crippen LogP contribution < -0.4 is 16.0 Å². The number of anilines is 2. The highest BCUT2D eigenvalue weighted by atomic mass is 16.2. The van der Waals surface area contributed by atoms with Gasteiger partial charge in [0, 0.05) is 29.5 Å². The molecule has 6 heteroatoms. The van der Waals surface area contributed by atoms with Crippen LogP contribution in [0.2, 0.25) is 0 Å². The Morgan fingerprint density at radius 3 is 2.19 bits per heavy atom. The van der Waals surface area contributed by atoms with Crippen LogP contribution in [0.25, 0.3) is 10.9 Å². The molecule has 0 saturated heterocycles. The molecule has 0 saturated carbocycles. The Kier molecular flexibility index (Phi) is 5.35. The van der Waals surface area contributed by atoms with E-state index in [0.717, 1.165) is 16.6 Å². The standard InChI is InChI=1S/C21H22N4O2/c1-13(2)19-12-17(16-6-4-5-7-18(16)25-19)20(26)23-14-8-10-15(11-9-14)24-21(27)22-3/h4-13H,1-3H3,(H,23,26)(H2,22,24,27). The van der Waals surface area contributed by atoms with E-state index in [1.54, 1.807) is 31.3 Å². The predicted molar refractivity (Wildman–Crippen MR) is 108 cm³/mol. The summed E-state index contributed by atoms with van der Waals surface area (Å²) >= 11 is 0. The quantitative estimate of drug-likeness (QED) is 0.645. The summed E-state index contributed by atoms with van der Waals surface area (Å²) in [6.45, 7) is 4.11. The molecule has 3 amide bonds. The second kappa shape index (κ2) is 7.86. The first-order valence-electron chi connectivity index (χ1n) is 8.77. The minimum atomic E-state index is -0.295. The molecule has 0 aliphatic carbocycles. The Hall–Kier alpha value is -3.41. The van der Waals surface area contributed by atoms with Crippen LogP contribution in [-0.2, 0) is 0 Å². The third-order valence-electron chi connectivity index (χ3n) is 4.20. The molecule has 2 aromatic carbocycles. The molecule has 0 atom stereocenters. The van der Waals surface area contributed by atoms with Gasteiger partial charge in [0.25, 0.3) is 5.91 Å². The topological polar surface area (TPSA) is 83.1 Å². The first-order valence-corrected chi connectivity index (χ1v) is 8.77. The molecule has 3 aromatic rings. The van der Waals surface area contributed by atoms with Crippen molar-refractivity contribution in [2.45, 2.75) is 19.8 Å². The molecular weight excluding hydrogens is 340 g/mol. The van der Waals surface area contributed by atoms with Crippen molar-refractivity contribution in [3.63, 3.8) is 0 Å². The maximum absolute atomic E-state index is 12.9. The normalized spacial score (nSPS) is 10.7. The first kappa shape index (κ1) is 18.4. The third kappa shape index (κ3) is 4.23. The van der Waals surface area contributed by atoms with Gasteiger partial charge in [-0.3, -0.25) is 9.78 Å². The average Bonchev–Trinajstić information content (AvgIpc) is 2.68. The number of rotatable bonds is 4. The molecular formula is C21H22N4O2. The Morgan fingerprint density at radius 1 is 0.926 bits per heavy atom. The summed E-state index contributed by atoms with van der Waals surface area (Å²) in [7, 11) is 1.55. The number of carbonyl (C=O) groups excluding carboxylic acids is 2. The molecule has 27 heavy (non-hydrogen) atoms. The number of hydrogen-bond acceptors (Lipinski definition) is 3. The van der Waals surface area contributed by atoms with Crippen molar-refractivity contribution in [2.24, 2.45) is 0 Å². The fourth-order valence-electron chi connectivity index (χ4n) is 2.71. The highest BCUT2D eigenvalue weighted by Gasteiger charge is 2.14. The van der Waals surface area contributed by atoms with Gasteiger partial charge in [0.2, 0.25) is 0 Å². The van der Waals surface area contributed by atoms with Gasteiger partial charge in [0.15, 0.2) is 0 Å². The minimum Gasteiger partial charge on any atom is -0.341 e. The van der Waals surface area contributed by atoms with Crippen LogP contribution in [0.3, 0.4) is 0 Å². The molecule has 0 unspecified atom stereocenters. The zero-order valence-corrected chi connectivity index (χ0v) is 15.5. The Balaban J connectivity index is 1.87. The van der Waals surface area contributed by atoms with Gasteiger partial charge in [0.1, 0.15) is 0 Å². The molecule has 0 radical (unpaired) electrons. The van der Waals surface area contributed by atoms with E-state index >= 15 is 0 Å². The molecule has 1 heterocycles. The Morgan fingerprint density at radius 2 is 1.56 bits per heavy atom. The number of hydrogen-bond donors (Lipinski definition) is 3. The van der Waals surface area contributed by atoms with Gasteiger partial charge in [-0.1, -0.05) is 32.0 Å². The predicted octanol–water partition coefficient (Wildman–Crippen LogP) is 4.36. The number of para-hydroxylation sites is 1. The summed E-state index contributed by atoms with van der Waals surface area (Å²) in [5.41, 5.74) is 3.57. The number of aromatic nitrogens is 1. The van der Waals surface area contributed by atoms with Crippen molar-refractivity contribution in [3.05, 3.63) is 65.9 Å². The molecule has 3 rings (SSSR count). The molecule has 3 N–H and O–H groups in total. The lowest BCUT2D eigenvalue weighted by atomic mass is 10.0. The van der Waals surface area contributed by atoms with Crippen LogP contribution in [0.4, 0.5) is 16.2 Å². The summed E-state index contributed by atoms with van der Waals surface area (Å²) in [5, 5.41) is 8.90. The third-order valence-corrected chi connectivity index (χ3v) is 4.20. The molecule has 138 valence electrons. The number of carbonyl (C=O) groups is 2. The van der Waals surface area contributed by atoms with Crippen molar-refractivity contribution in [1.82, 2.24) is 10.3 Å². The van der Waals surface area contributed by atoms with Crippen LogP contribution in [0.15, 0.2) is 54.6 Å². The van der Waals surface area contributed by atoms with Crippen molar-refractivity contribution >= 4 is 34.2 Å². The summed E-state index contributed by atoms with van der Waals surface area (Å²) < 4.78 is 0. The highest BCUT2D eigenvalue weighted by molar-refractivity contribution is 6.12. The van der Waals surface area contributed by atoms with Crippen LogP contribution >= 0.6 is 0 Å². The summed E-state index contributed by atoms with van der Waals surface area (Å²) in [6, 6.07) is 16.1. The fourth-order valence-corrected chi connectivity index (χ4v) is 2.71. The van der Waals surface area contributed by atoms with E-state index in [1.165, 1.54) is 0 Å².